The molecule has 0 radical (unpaired) electrons. The smallest absolute Gasteiger partial charge is 0.0750 e. The predicted octanol–water partition coefficient (Wildman–Crippen LogP) is 2.41. The van der Waals surface area contributed by atoms with E-state index in [1.165, 1.54) is 0 Å². The first-order valence-corrected chi connectivity index (χ1v) is 6.40. The fourth-order valence-corrected chi connectivity index (χ4v) is 2.68. The van der Waals surface area contributed by atoms with Crippen LogP contribution in [0.5, 0.6) is 0 Å². The molecule has 1 fully saturated rings. The molecule has 4 heteroatoms. The van der Waals surface area contributed by atoms with Gasteiger partial charge in [0.25, 0.3) is 0 Å². The average molecular weight is 255 g/mol. The van der Waals surface area contributed by atoms with E-state index < -0.39 is 0 Å². The maximum atomic E-state index is 6.25. The third kappa shape index (κ3) is 2.92. The Morgan fingerprint density at radius 2 is 2.35 bits per heavy atom. The lowest BCUT2D eigenvalue weighted by Crippen LogP contribution is -2.29. The second kappa shape index (κ2) is 5.71. The fraction of sp³-hybridized carbons (Fsp3) is 0.538. The average Bonchev–Trinajstić information content (AvgIpc) is 2.81. The van der Waals surface area contributed by atoms with Crippen molar-refractivity contribution in [1.29, 1.82) is 0 Å². The van der Waals surface area contributed by atoms with E-state index in [2.05, 4.69) is 4.90 Å². The van der Waals surface area contributed by atoms with E-state index in [0.717, 1.165) is 42.3 Å². The van der Waals surface area contributed by atoms with Crippen LogP contribution in [0, 0.1) is 0 Å². The molecule has 0 saturated carbocycles. The number of nitrogens with two attached hydrogens (primary N) is 1. The summed E-state index contributed by atoms with van der Waals surface area (Å²) >= 11 is 6.25. The highest BCUT2D eigenvalue weighted by Crippen LogP contribution is 2.29. The summed E-state index contributed by atoms with van der Waals surface area (Å²) in [5.41, 5.74) is 7.86. The number of anilines is 1. The Morgan fingerprint density at radius 1 is 1.53 bits per heavy atom. The lowest BCUT2D eigenvalue weighted by molar-refractivity contribution is 0.116. The van der Waals surface area contributed by atoms with Crippen molar-refractivity contribution in [3.8, 4) is 0 Å². The van der Waals surface area contributed by atoms with Crippen LogP contribution in [-0.2, 0) is 11.3 Å². The van der Waals surface area contributed by atoms with Crippen LogP contribution in [0.15, 0.2) is 18.2 Å². The Morgan fingerprint density at radius 3 is 3.00 bits per heavy atom. The number of hydrogen-bond acceptors (Lipinski definition) is 3. The Labute approximate surface area is 107 Å². The highest BCUT2D eigenvalue weighted by Gasteiger charge is 2.19. The van der Waals surface area contributed by atoms with E-state index in [1.54, 1.807) is 0 Å². The number of para-hydroxylation sites is 1. The molecule has 1 unspecified atom stereocenters. The molecule has 1 aromatic rings. The molecular weight excluding hydrogens is 236 g/mol. The zero-order valence-corrected chi connectivity index (χ0v) is 10.9. The number of ether oxygens (including phenoxy) is 1. The van der Waals surface area contributed by atoms with Crippen molar-refractivity contribution in [2.75, 3.05) is 25.1 Å². The predicted molar refractivity (Wildman–Crippen MR) is 71.6 cm³/mol. The summed E-state index contributed by atoms with van der Waals surface area (Å²) in [4.78, 5) is 2.15. The molecule has 0 aliphatic carbocycles. The summed E-state index contributed by atoms with van der Waals surface area (Å²) in [5, 5.41) is 0.758. The van der Waals surface area contributed by atoms with Gasteiger partial charge in [0.15, 0.2) is 0 Å². The molecule has 1 atom stereocenters. The van der Waals surface area contributed by atoms with E-state index >= 15 is 0 Å². The fourth-order valence-electron chi connectivity index (χ4n) is 2.34. The van der Waals surface area contributed by atoms with Crippen LogP contribution >= 0.6 is 11.6 Å². The zero-order valence-electron chi connectivity index (χ0n) is 10.2. The van der Waals surface area contributed by atoms with Crippen LogP contribution in [-0.4, -0.2) is 26.3 Å². The standard InChI is InChI=1S/C13H19ClN2O/c1-16(9-11-5-3-7-17-11)13-10(8-15)4-2-6-12(13)14/h2,4,6,11H,3,5,7-9,15H2,1H3. The minimum Gasteiger partial charge on any atom is -0.376 e. The minimum absolute atomic E-state index is 0.321. The van der Waals surface area contributed by atoms with E-state index in [4.69, 9.17) is 22.1 Å². The van der Waals surface area contributed by atoms with E-state index in [1.807, 2.05) is 25.2 Å². The Bertz CT molecular complexity index is 378. The molecule has 2 N–H and O–H groups in total. The molecule has 0 amide bonds. The van der Waals surface area contributed by atoms with Crippen molar-refractivity contribution in [2.24, 2.45) is 5.73 Å². The van der Waals surface area contributed by atoms with Crippen LogP contribution in [0.25, 0.3) is 0 Å². The summed E-state index contributed by atoms with van der Waals surface area (Å²) in [5.74, 6) is 0. The number of hydrogen-bond donors (Lipinski definition) is 1. The first-order valence-electron chi connectivity index (χ1n) is 6.02. The van der Waals surface area contributed by atoms with E-state index in [0.29, 0.717) is 12.6 Å². The van der Waals surface area contributed by atoms with Crippen molar-refractivity contribution in [3.63, 3.8) is 0 Å². The van der Waals surface area contributed by atoms with E-state index in [9.17, 15) is 0 Å². The van der Waals surface area contributed by atoms with Gasteiger partial charge in [-0.05, 0) is 24.5 Å². The molecule has 0 aromatic heterocycles. The molecule has 1 aliphatic heterocycles. The van der Waals surface area contributed by atoms with Gasteiger partial charge < -0.3 is 15.4 Å². The van der Waals surface area contributed by atoms with Gasteiger partial charge in [0, 0.05) is 26.7 Å². The third-order valence-electron chi connectivity index (χ3n) is 3.17. The molecular formula is C13H19ClN2O. The topological polar surface area (TPSA) is 38.5 Å². The monoisotopic (exact) mass is 254 g/mol. The molecule has 1 aliphatic rings. The number of rotatable bonds is 4. The van der Waals surface area contributed by atoms with Gasteiger partial charge in [-0.15, -0.1) is 0 Å². The molecule has 1 saturated heterocycles. The molecule has 0 bridgehead atoms. The van der Waals surface area contributed by atoms with Crippen molar-refractivity contribution >= 4 is 17.3 Å². The van der Waals surface area contributed by atoms with Crippen LogP contribution in [0.2, 0.25) is 5.02 Å². The lowest BCUT2D eigenvalue weighted by atomic mass is 10.1. The molecule has 3 nitrogen and oxygen atoms in total. The highest BCUT2D eigenvalue weighted by molar-refractivity contribution is 6.33. The van der Waals surface area contributed by atoms with E-state index in [-0.39, 0.29) is 0 Å². The quantitative estimate of drug-likeness (QED) is 0.897. The minimum atomic E-state index is 0.321. The van der Waals surface area contributed by atoms with Crippen LogP contribution in [0.4, 0.5) is 5.69 Å². The van der Waals surface area contributed by atoms with Gasteiger partial charge in [-0.1, -0.05) is 23.7 Å². The Kier molecular flexibility index (Phi) is 4.26. The third-order valence-corrected chi connectivity index (χ3v) is 3.48. The van der Waals surface area contributed by atoms with Gasteiger partial charge >= 0.3 is 0 Å². The maximum Gasteiger partial charge on any atom is 0.0750 e. The second-order valence-corrected chi connectivity index (χ2v) is 4.87. The van der Waals surface area contributed by atoms with Gasteiger partial charge in [0.05, 0.1) is 16.8 Å². The summed E-state index contributed by atoms with van der Waals surface area (Å²) < 4.78 is 5.64. The molecule has 1 heterocycles. The largest absolute Gasteiger partial charge is 0.376 e. The first kappa shape index (κ1) is 12.7. The van der Waals surface area contributed by atoms with Crippen LogP contribution < -0.4 is 10.6 Å². The molecule has 1 aromatic carbocycles. The van der Waals surface area contributed by atoms with Gasteiger partial charge in [-0.2, -0.15) is 0 Å². The lowest BCUT2D eigenvalue weighted by Gasteiger charge is -2.26. The number of halogens is 1. The van der Waals surface area contributed by atoms with Gasteiger partial charge in [0.2, 0.25) is 0 Å². The normalized spacial score (nSPS) is 19.6. The summed E-state index contributed by atoms with van der Waals surface area (Å²) in [7, 11) is 2.04. The Hall–Kier alpha value is -0.770. The van der Waals surface area contributed by atoms with Crippen LogP contribution in [0.1, 0.15) is 18.4 Å². The number of benzene rings is 1. The van der Waals surface area contributed by atoms with Gasteiger partial charge in [0.1, 0.15) is 0 Å². The van der Waals surface area contributed by atoms with Crippen LogP contribution in [0.3, 0.4) is 0 Å². The molecule has 94 valence electrons. The highest BCUT2D eigenvalue weighted by atomic mass is 35.5. The number of nitrogens with zero attached hydrogens (tertiary/aromatic N) is 1. The molecule has 0 spiro atoms. The summed E-state index contributed by atoms with van der Waals surface area (Å²) in [6, 6.07) is 5.86. The van der Waals surface area contributed by atoms with Crippen molar-refractivity contribution in [2.45, 2.75) is 25.5 Å². The van der Waals surface area contributed by atoms with Gasteiger partial charge in [-0.25, -0.2) is 0 Å². The summed E-state index contributed by atoms with van der Waals surface area (Å²) in [6.45, 7) is 2.26. The molecule has 2 rings (SSSR count). The summed E-state index contributed by atoms with van der Waals surface area (Å²) in [6.07, 6.45) is 2.61. The Balaban J connectivity index is 2.14. The van der Waals surface area contributed by atoms with Crippen molar-refractivity contribution < 1.29 is 4.74 Å². The van der Waals surface area contributed by atoms with Gasteiger partial charge in [-0.3, -0.25) is 0 Å². The first-order chi connectivity index (χ1) is 8.22. The molecule has 17 heavy (non-hydrogen) atoms. The SMILES string of the molecule is CN(CC1CCCO1)c1c(Cl)cccc1CN. The zero-order chi connectivity index (χ0) is 12.3. The number of likely N-dealkylation sites (N-methyl/N-ethyl adjacent to an activating group) is 1. The second-order valence-electron chi connectivity index (χ2n) is 4.47. The maximum absolute atomic E-state index is 6.25. The van der Waals surface area contributed by atoms with Crippen molar-refractivity contribution in [1.82, 2.24) is 0 Å². The van der Waals surface area contributed by atoms with Crippen molar-refractivity contribution in [3.05, 3.63) is 28.8 Å².